The second kappa shape index (κ2) is 11.4. The van der Waals surface area contributed by atoms with Crippen molar-refractivity contribution in [1.82, 2.24) is 9.66 Å². The summed E-state index contributed by atoms with van der Waals surface area (Å²) in [5, 5.41) is 5.44. The van der Waals surface area contributed by atoms with Crippen LogP contribution in [0.15, 0.2) is 58.4 Å². The van der Waals surface area contributed by atoms with E-state index in [1.165, 1.54) is 18.0 Å². The highest BCUT2D eigenvalue weighted by Crippen LogP contribution is 2.35. The molecule has 3 aromatic carbocycles. The normalized spacial score (nSPS) is 11.2. The Hall–Kier alpha value is -4.28. The van der Waals surface area contributed by atoms with Gasteiger partial charge in [0.05, 0.1) is 31.3 Å². The third-order valence-electron chi connectivity index (χ3n) is 6.07. The van der Waals surface area contributed by atoms with Gasteiger partial charge in [-0.2, -0.15) is 9.78 Å². The number of ether oxygens (including phenoxy) is 3. The number of halogens is 1. The maximum absolute atomic E-state index is 13.7. The van der Waals surface area contributed by atoms with Crippen molar-refractivity contribution >= 4 is 28.7 Å². The Morgan fingerprint density at radius 1 is 1.13 bits per heavy atom. The second-order valence-corrected chi connectivity index (χ2v) is 9.33. The first-order chi connectivity index (χ1) is 18.3. The molecule has 0 saturated heterocycles. The van der Waals surface area contributed by atoms with Gasteiger partial charge in [-0.05, 0) is 54.3 Å². The summed E-state index contributed by atoms with van der Waals surface area (Å²) in [5.74, 6) is 4.56. The lowest BCUT2D eigenvalue weighted by atomic mass is 9.96. The molecule has 0 N–H and O–H groups in total. The molecular weight excluding hydrogens is 502 g/mol. The SMILES string of the molecule is C#CCOc1c(C=Nn2c(-c3cc(C(C)C)c(OC)cc3C)nc3ccccc3c2=O)cc(Cl)cc1OC. The summed E-state index contributed by atoms with van der Waals surface area (Å²) in [6.45, 7) is 6.14. The molecule has 0 atom stereocenters. The Morgan fingerprint density at radius 2 is 1.87 bits per heavy atom. The van der Waals surface area contributed by atoms with Crippen molar-refractivity contribution in [2.24, 2.45) is 5.10 Å². The number of para-hydroxylation sites is 1. The smallest absolute Gasteiger partial charge is 0.282 e. The third kappa shape index (κ3) is 5.22. The highest BCUT2D eigenvalue weighted by Gasteiger charge is 2.19. The molecule has 4 rings (SSSR count). The van der Waals surface area contributed by atoms with Crippen LogP contribution in [-0.2, 0) is 0 Å². The van der Waals surface area contributed by atoms with E-state index in [0.717, 1.165) is 22.4 Å². The molecule has 0 unspecified atom stereocenters. The number of hydrogen-bond acceptors (Lipinski definition) is 6. The van der Waals surface area contributed by atoms with Crippen molar-refractivity contribution in [3.05, 3.63) is 80.6 Å². The molecule has 1 aromatic heterocycles. The molecule has 0 amide bonds. The summed E-state index contributed by atoms with van der Waals surface area (Å²) in [7, 11) is 3.15. The van der Waals surface area contributed by atoms with E-state index >= 15 is 0 Å². The summed E-state index contributed by atoms with van der Waals surface area (Å²) < 4.78 is 18.1. The third-order valence-corrected chi connectivity index (χ3v) is 6.29. The summed E-state index contributed by atoms with van der Waals surface area (Å²) >= 11 is 6.32. The molecule has 1 heterocycles. The standard InChI is InChI=1S/C30H28ClN3O4/c1-7-12-38-28-20(14-21(31)15-27(28)37-6)17-32-34-29(33-25-11-9-8-10-22(25)30(34)35)24-16-23(18(2)3)26(36-5)13-19(24)4/h1,8-11,13-18H,12H2,2-6H3. The van der Waals surface area contributed by atoms with E-state index in [-0.39, 0.29) is 18.1 Å². The average molecular weight is 530 g/mol. The van der Waals surface area contributed by atoms with E-state index in [4.69, 9.17) is 37.2 Å². The zero-order valence-corrected chi connectivity index (χ0v) is 22.7. The average Bonchev–Trinajstić information content (AvgIpc) is 2.91. The number of rotatable bonds is 8. The first kappa shape index (κ1) is 26.8. The Kier molecular flexibility index (Phi) is 8.04. The molecule has 0 saturated carbocycles. The zero-order chi connectivity index (χ0) is 27.4. The molecule has 8 heteroatoms. The van der Waals surface area contributed by atoms with E-state index < -0.39 is 0 Å². The lowest BCUT2D eigenvalue weighted by molar-refractivity contribution is 0.330. The van der Waals surface area contributed by atoms with E-state index in [1.807, 2.05) is 31.2 Å². The topological polar surface area (TPSA) is 74.9 Å². The van der Waals surface area contributed by atoms with E-state index in [0.29, 0.717) is 38.8 Å². The summed E-state index contributed by atoms with van der Waals surface area (Å²) in [4.78, 5) is 18.6. The molecule has 7 nitrogen and oxygen atoms in total. The quantitative estimate of drug-likeness (QED) is 0.205. The van der Waals surface area contributed by atoms with Crippen LogP contribution in [0.25, 0.3) is 22.3 Å². The number of nitrogens with zero attached hydrogens (tertiary/aromatic N) is 3. The number of benzene rings is 3. The largest absolute Gasteiger partial charge is 0.496 e. The van der Waals surface area contributed by atoms with Gasteiger partial charge in [-0.3, -0.25) is 4.79 Å². The fourth-order valence-corrected chi connectivity index (χ4v) is 4.41. The van der Waals surface area contributed by atoms with Crippen molar-refractivity contribution in [1.29, 1.82) is 0 Å². The zero-order valence-electron chi connectivity index (χ0n) is 21.9. The number of terminal acetylenes is 1. The van der Waals surface area contributed by atoms with Crippen LogP contribution in [0.5, 0.6) is 17.2 Å². The first-order valence-electron chi connectivity index (χ1n) is 12.0. The summed E-state index contributed by atoms with van der Waals surface area (Å²) in [6.07, 6.45) is 6.89. The lowest BCUT2D eigenvalue weighted by Crippen LogP contribution is -2.21. The fourth-order valence-electron chi connectivity index (χ4n) is 4.20. The van der Waals surface area contributed by atoms with Crippen LogP contribution in [0.1, 0.15) is 36.5 Å². The lowest BCUT2D eigenvalue weighted by Gasteiger charge is -2.17. The van der Waals surface area contributed by atoms with Gasteiger partial charge in [0.1, 0.15) is 12.4 Å². The van der Waals surface area contributed by atoms with Gasteiger partial charge in [0, 0.05) is 22.2 Å². The number of fused-ring (bicyclic) bond motifs is 1. The van der Waals surface area contributed by atoms with Crippen LogP contribution in [0.2, 0.25) is 5.02 Å². The van der Waals surface area contributed by atoms with Gasteiger partial charge < -0.3 is 14.2 Å². The van der Waals surface area contributed by atoms with Crippen molar-refractivity contribution in [2.45, 2.75) is 26.7 Å². The Labute approximate surface area is 226 Å². The predicted octanol–water partition coefficient (Wildman–Crippen LogP) is 6.06. The van der Waals surface area contributed by atoms with Gasteiger partial charge in [0.25, 0.3) is 5.56 Å². The maximum atomic E-state index is 13.7. The Balaban J connectivity index is 1.99. The Morgan fingerprint density at radius 3 is 2.55 bits per heavy atom. The van der Waals surface area contributed by atoms with Crippen LogP contribution < -0.4 is 19.8 Å². The van der Waals surface area contributed by atoms with Gasteiger partial charge in [0.2, 0.25) is 0 Å². The molecule has 194 valence electrons. The molecule has 4 aromatic rings. The monoisotopic (exact) mass is 529 g/mol. The van der Waals surface area contributed by atoms with Gasteiger partial charge in [-0.1, -0.05) is 43.5 Å². The second-order valence-electron chi connectivity index (χ2n) is 8.90. The molecule has 0 bridgehead atoms. The van der Waals surface area contributed by atoms with Gasteiger partial charge in [-0.25, -0.2) is 4.98 Å². The molecule has 0 aliphatic heterocycles. The minimum atomic E-state index is -0.316. The van der Waals surface area contributed by atoms with Crippen LogP contribution in [0.4, 0.5) is 0 Å². The fraction of sp³-hybridized carbons (Fsp3) is 0.233. The van der Waals surface area contributed by atoms with Crippen molar-refractivity contribution in [3.63, 3.8) is 0 Å². The predicted molar refractivity (Wildman–Crippen MR) is 152 cm³/mol. The van der Waals surface area contributed by atoms with Crippen molar-refractivity contribution < 1.29 is 14.2 Å². The van der Waals surface area contributed by atoms with Crippen LogP contribution in [0, 0.1) is 19.3 Å². The highest BCUT2D eigenvalue weighted by molar-refractivity contribution is 6.31. The number of aromatic nitrogens is 2. The van der Waals surface area contributed by atoms with Gasteiger partial charge >= 0.3 is 0 Å². The highest BCUT2D eigenvalue weighted by atomic mass is 35.5. The number of methoxy groups -OCH3 is 2. The van der Waals surface area contributed by atoms with Gasteiger partial charge in [0.15, 0.2) is 17.3 Å². The first-order valence-corrected chi connectivity index (χ1v) is 12.4. The molecule has 0 aliphatic rings. The molecule has 0 spiro atoms. The van der Waals surface area contributed by atoms with Crippen LogP contribution in [0.3, 0.4) is 0 Å². The molecule has 0 fully saturated rings. The van der Waals surface area contributed by atoms with Crippen LogP contribution >= 0.6 is 11.6 Å². The molecule has 0 aliphatic carbocycles. The molecule has 0 radical (unpaired) electrons. The van der Waals surface area contributed by atoms with E-state index in [1.54, 1.807) is 31.4 Å². The van der Waals surface area contributed by atoms with Gasteiger partial charge in [-0.15, -0.1) is 6.42 Å². The number of aryl methyl sites for hydroxylation is 1. The van der Waals surface area contributed by atoms with Crippen LogP contribution in [-0.4, -0.2) is 36.7 Å². The van der Waals surface area contributed by atoms with E-state index in [9.17, 15) is 4.79 Å². The molecular formula is C30H28ClN3O4. The van der Waals surface area contributed by atoms with Crippen molar-refractivity contribution in [2.75, 3.05) is 20.8 Å². The summed E-state index contributed by atoms with van der Waals surface area (Å²) in [5.41, 5.74) is 3.40. The molecule has 38 heavy (non-hydrogen) atoms. The van der Waals surface area contributed by atoms with E-state index in [2.05, 4.69) is 24.9 Å². The number of hydrogen-bond donors (Lipinski definition) is 0. The minimum absolute atomic E-state index is 0.0184. The van der Waals surface area contributed by atoms with Crippen molar-refractivity contribution in [3.8, 4) is 41.0 Å². The Bertz CT molecular complexity index is 1630. The maximum Gasteiger partial charge on any atom is 0.282 e. The minimum Gasteiger partial charge on any atom is -0.496 e. The summed E-state index contributed by atoms with van der Waals surface area (Å²) in [6, 6.07) is 14.4.